The molecule has 3 rings (SSSR count). The lowest BCUT2D eigenvalue weighted by Gasteiger charge is -2.24. The predicted octanol–water partition coefficient (Wildman–Crippen LogP) is 3.90. The van der Waals surface area contributed by atoms with Crippen LogP contribution in [0.25, 0.3) is 11.4 Å². The van der Waals surface area contributed by atoms with Crippen molar-refractivity contribution in [2.45, 2.75) is 55.5 Å². The zero-order valence-electron chi connectivity index (χ0n) is 14.4. The van der Waals surface area contributed by atoms with E-state index in [1.54, 1.807) is 18.2 Å². The van der Waals surface area contributed by atoms with Gasteiger partial charge in [-0.25, -0.2) is 4.68 Å². The molecular weight excluding hydrogens is 393 g/mol. The summed E-state index contributed by atoms with van der Waals surface area (Å²) in [6.45, 7) is 1.84. The number of nitrogens with one attached hydrogen (secondary N) is 1. The van der Waals surface area contributed by atoms with Gasteiger partial charge in [-0.3, -0.25) is 4.79 Å². The van der Waals surface area contributed by atoms with Crippen molar-refractivity contribution in [3.63, 3.8) is 0 Å². The molecule has 26 heavy (non-hydrogen) atoms. The Morgan fingerprint density at radius 3 is 2.73 bits per heavy atom. The number of rotatable bonds is 5. The molecule has 9 heteroatoms. The smallest absolute Gasteiger partial charge is 0.233 e. The van der Waals surface area contributed by atoms with E-state index in [0.29, 0.717) is 26.6 Å². The number of benzene rings is 1. The monoisotopic (exact) mass is 413 g/mol. The molecule has 0 unspecified atom stereocenters. The van der Waals surface area contributed by atoms with Crippen molar-refractivity contribution in [2.75, 3.05) is 5.84 Å². The molecule has 1 aliphatic rings. The second-order valence-electron chi connectivity index (χ2n) is 6.40. The topological polar surface area (TPSA) is 85.8 Å². The third-order valence-corrected chi connectivity index (χ3v) is 6.04. The highest BCUT2D eigenvalue weighted by Crippen LogP contribution is 2.31. The maximum atomic E-state index is 12.4. The van der Waals surface area contributed by atoms with Crippen LogP contribution in [0, 0.1) is 0 Å². The fourth-order valence-electron chi connectivity index (χ4n) is 2.99. The summed E-state index contributed by atoms with van der Waals surface area (Å²) in [6, 6.07) is 5.36. The van der Waals surface area contributed by atoms with Gasteiger partial charge in [-0.2, -0.15) is 0 Å². The molecule has 0 saturated heterocycles. The molecule has 0 aliphatic heterocycles. The molecule has 0 spiro atoms. The first-order valence-corrected chi connectivity index (χ1v) is 10.2. The van der Waals surface area contributed by atoms with E-state index in [2.05, 4.69) is 15.5 Å². The Hall–Kier alpha value is -1.44. The van der Waals surface area contributed by atoms with Crippen molar-refractivity contribution in [3.8, 4) is 11.4 Å². The van der Waals surface area contributed by atoms with Gasteiger partial charge in [0.15, 0.2) is 5.82 Å². The van der Waals surface area contributed by atoms with Crippen LogP contribution in [0.3, 0.4) is 0 Å². The van der Waals surface area contributed by atoms with Gasteiger partial charge in [0.25, 0.3) is 0 Å². The number of carbonyl (C=O) groups excluding carboxylic acids is 1. The van der Waals surface area contributed by atoms with E-state index < -0.39 is 0 Å². The minimum atomic E-state index is -0.322. The van der Waals surface area contributed by atoms with Gasteiger partial charge in [0, 0.05) is 16.6 Å². The average molecular weight is 414 g/mol. The van der Waals surface area contributed by atoms with E-state index in [0.717, 1.165) is 12.8 Å². The van der Waals surface area contributed by atoms with Crippen molar-refractivity contribution in [2.24, 2.45) is 0 Å². The molecule has 140 valence electrons. The lowest BCUT2D eigenvalue weighted by Crippen LogP contribution is -2.40. The average Bonchev–Trinajstić information content (AvgIpc) is 2.96. The van der Waals surface area contributed by atoms with Gasteiger partial charge in [0.2, 0.25) is 11.1 Å². The number of nitrogens with zero attached hydrogens (tertiary/aromatic N) is 3. The van der Waals surface area contributed by atoms with Gasteiger partial charge in [0.05, 0.1) is 10.3 Å². The number of nitrogen functional groups attached to an aromatic ring is 1. The summed E-state index contributed by atoms with van der Waals surface area (Å²) in [7, 11) is 0. The molecular formula is C17H21Cl2N5OS. The minimum absolute atomic E-state index is 0.00373. The third kappa shape index (κ3) is 4.45. The number of hydrogen-bond acceptors (Lipinski definition) is 5. The van der Waals surface area contributed by atoms with Crippen LogP contribution >= 0.6 is 35.0 Å². The van der Waals surface area contributed by atoms with Gasteiger partial charge in [-0.05, 0) is 38.0 Å². The lowest BCUT2D eigenvalue weighted by molar-refractivity contribution is -0.121. The molecule has 1 amide bonds. The van der Waals surface area contributed by atoms with Crippen LogP contribution in [-0.2, 0) is 4.79 Å². The molecule has 2 aromatic rings. The SMILES string of the molecule is C[C@H](Sc1nnc(-c2ccc(Cl)cc2Cl)n1N)C(=O)NC1CCCCC1. The van der Waals surface area contributed by atoms with Crippen molar-refractivity contribution in [1.82, 2.24) is 20.2 Å². The van der Waals surface area contributed by atoms with Crippen molar-refractivity contribution in [1.29, 1.82) is 0 Å². The predicted molar refractivity (Wildman–Crippen MR) is 106 cm³/mol. The quantitative estimate of drug-likeness (QED) is 0.573. The van der Waals surface area contributed by atoms with Crippen LogP contribution < -0.4 is 11.2 Å². The third-order valence-electron chi connectivity index (χ3n) is 4.44. The first kappa shape index (κ1) is 19.3. The molecule has 0 radical (unpaired) electrons. The first-order valence-electron chi connectivity index (χ1n) is 8.58. The Morgan fingerprint density at radius 2 is 2.04 bits per heavy atom. The molecule has 1 saturated carbocycles. The molecule has 1 aromatic heterocycles. The summed E-state index contributed by atoms with van der Waals surface area (Å²) >= 11 is 13.4. The minimum Gasteiger partial charge on any atom is -0.352 e. The fraction of sp³-hybridized carbons (Fsp3) is 0.471. The second-order valence-corrected chi connectivity index (χ2v) is 8.56. The van der Waals surface area contributed by atoms with Gasteiger partial charge in [0.1, 0.15) is 0 Å². The van der Waals surface area contributed by atoms with Gasteiger partial charge < -0.3 is 11.2 Å². The Labute approximate surface area is 166 Å². The molecule has 1 aromatic carbocycles. The second kappa shape index (κ2) is 8.50. The highest BCUT2D eigenvalue weighted by molar-refractivity contribution is 8.00. The van der Waals surface area contributed by atoms with E-state index in [-0.39, 0.29) is 17.2 Å². The number of halogens is 2. The number of aromatic nitrogens is 3. The van der Waals surface area contributed by atoms with Crippen molar-refractivity contribution < 1.29 is 4.79 Å². The van der Waals surface area contributed by atoms with Crippen LogP contribution in [0.5, 0.6) is 0 Å². The number of carbonyl (C=O) groups is 1. The highest BCUT2D eigenvalue weighted by atomic mass is 35.5. The van der Waals surface area contributed by atoms with Crippen LogP contribution in [0.2, 0.25) is 10.0 Å². The fourth-order valence-corrected chi connectivity index (χ4v) is 4.26. The number of amides is 1. The van der Waals surface area contributed by atoms with Crippen LogP contribution in [-0.4, -0.2) is 32.1 Å². The van der Waals surface area contributed by atoms with E-state index >= 15 is 0 Å². The largest absolute Gasteiger partial charge is 0.352 e. The summed E-state index contributed by atoms with van der Waals surface area (Å²) in [5, 5.41) is 12.4. The number of hydrogen-bond donors (Lipinski definition) is 2. The van der Waals surface area contributed by atoms with Gasteiger partial charge in [-0.15, -0.1) is 10.2 Å². The maximum absolute atomic E-state index is 12.4. The molecule has 1 atom stereocenters. The van der Waals surface area contributed by atoms with E-state index in [1.165, 1.54) is 35.7 Å². The Bertz CT molecular complexity index is 791. The summed E-state index contributed by atoms with van der Waals surface area (Å²) in [5.41, 5.74) is 0.636. The van der Waals surface area contributed by atoms with E-state index in [9.17, 15) is 4.79 Å². The summed E-state index contributed by atoms with van der Waals surface area (Å²) in [6.07, 6.45) is 5.71. The van der Waals surface area contributed by atoms with Crippen LogP contribution in [0.4, 0.5) is 0 Å². The summed E-state index contributed by atoms with van der Waals surface area (Å²) in [5.74, 6) is 6.54. The van der Waals surface area contributed by atoms with Crippen LogP contribution in [0.1, 0.15) is 39.0 Å². The van der Waals surface area contributed by atoms with Crippen molar-refractivity contribution >= 4 is 40.9 Å². The Morgan fingerprint density at radius 1 is 1.31 bits per heavy atom. The van der Waals surface area contributed by atoms with E-state index in [1.807, 2.05) is 6.92 Å². The zero-order chi connectivity index (χ0) is 18.7. The summed E-state index contributed by atoms with van der Waals surface area (Å²) < 4.78 is 1.35. The molecule has 1 aliphatic carbocycles. The van der Waals surface area contributed by atoms with Gasteiger partial charge in [-0.1, -0.05) is 54.2 Å². The molecule has 0 bridgehead atoms. The van der Waals surface area contributed by atoms with Crippen molar-refractivity contribution in [3.05, 3.63) is 28.2 Å². The maximum Gasteiger partial charge on any atom is 0.233 e. The molecule has 3 N–H and O–H groups in total. The molecule has 1 heterocycles. The Kier molecular flexibility index (Phi) is 6.32. The standard InChI is InChI=1S/C17H21Cl2N5OS/c1-10(16(25)21-12-5-3-2-4-6-12)26-17-23-22-15(24(17)20)13-8-7-11(18)9-14(13)19/h7-10,12H,2-6,20H2,1H3,(H,21,25)/t10-/m0/s1. The molecule has 1 fully saturated rings. The van der Waals surface area contributed by atoms with Gasteiger partial charge >= 0.3 is 0 Å². The van der Waals surface area contributed by atoms with Crippen LogP contribution in [0.15, 0.2) is 23.4 Å². The lowest BCUT2D eigenvalue weighted by atomic mass is 9.95. The summed E-state index contributed by atoms with van der Waals surface area (Å²) in [4.78, 5) is 12.4. The molecule has 6 nitrogen and oxygen atoms in total. The first-order chi connectivity index (χ1) is 12.5. The Balaban J connectivity index is 1.68. The van der Waals surface area contributed by atoms with E-state index in [4.69, 9.17) is 29.0 Å². The number of nitrogens with two attached hydrogens (primary N) is 1. The number of thioether (sulfide) groups is 1. The highest BCUT2D eigenvalue weighted by Gasteiger charge is 2.23. The normalized spacial score (nSPS) is 16.4. The zero-order valence-corrected chi connectivity index (χ0v) is 16.7.